The van der Waals surface area contributed by atoms with E-state index >= 15 is 0 Å². The first kappa shape index (κ1) is 19.8. The minimum absolute atomic E-state index is 0.156. The molecule has 0 saturated carbocycles. The molecular weight excluding hydrogens is 433 g/mol. The third kappa shape index (κ3) is 4.42. The summed E-state index contributed by atoms with van der Waals surface area (Å²) >= 11 is 8.48. The maximum absolute atomic E-state index is 13.3. The topological polar surface area (TPSA) is 72.7 Å². The number of aromatic nitrogens is 4. The smallest absolute Gasteiger partial charge is 0.236 e. The van der Waals surface area contributed by atoms with E-state index in [2.05, 4.69) is 20.5 Å². The van der Waals surface area contributed by atoms with Crippen LogP contribution in [-0.4, -0.2) is 31.4 Å². The number of nitrogens with one attached hydrogen (secondary N) is 1. The van der Waals surface area contributed by atoms with Crippen LogP contribution in [0.15, 0.2) is 47.6 Å². The Labute approximate surface area is 179 Å². The van der Waals surface area contributed by atoms with Crippen molar-refractivity contribution in [3.63, 3.8) is 0 Å². The van der Waals surface area contributed by atoms with Crippen LogP contribution in [0, 0.1) is 5.82 Å². The molecule has 148 valence electrons. The molecular formula is C19H15ClFN5OS2. The Kier molecular flexibility index (Phi) is 5.79. The number of fused-ring (bicyclic) bond motifs is 1. The van der Waals surface area contributed by atoms with E-state index in [4.69, 9.17) is 11.6 Å². The van der Waals surface area contributed by atoms with Crippen LogP contribution in [0.1, 0.15) is 6.92 Å². The van der Waals surface area contributed by atoms with Crippen molar-refractivity contribution in [2.75, 3.05) is 11.1 Å². The Balaban J connectivity index is 1.44. The van der Waals surface area contributed by atoms with Crippen molar-refractivity contribution >= 4 is 56.0 Å². The molecule has 0 spiro atoms. The number of amides is 1. The monoisotopic (exact) mass is 447 g/mol. The highest BCUT2D eigenvalue weighted by Gasteiger charge is 2.15. The number of benzene rings is 2. The Morgan fingerprint density at radius 1 is 1.24 bits per heavy atom. The van der Waals surface area contributed by atoms with Gasteiger partial charge in [0.25, 0.3) is 0 Å². The SMILES string of the molecule is CCn1c(SCC(=O)Nc2nc3ccc(F)cc3s2)nnc1-c1ccc(Cl)cc1. The van der Waals surface area contributed by atoms with Crippen molar-refractivity contribution < 1.29 is 9.18 Å². The molecule has 0 atom stereocenters. The standard InChI is InChI=1S/C19H15ClFN5OS2/c1-2-26-17(11-3-5-12(20)6-4-11)24-25-19(26)28-10-16(27)23-18-22-14-8-7-13(21)9-15(14)29-18/h3-9H,2,10H2,1H3,(H,22,23,27). The summed E-state index contributed by atoms with van der Waals surface area (Å²) in [6.45, 7) is 2.66. The van der Waals surface area contributed by atoms with Crippen molar-refractivity contribution in [3.05, 3.63) is 53.3 Å². The first-order chi connectivity index (χ1) is 14.0. The van der Waals surface area contributed by atoms with Crippen molar-refractivity contribution in [2.24, 2.45) is 0 Å². The number of carbonyl (C=O) groups excluding carboxylic acids is 1. The zero-order valence-corrected chi connectivity index (χ0v) is 17.6. The quantitative estimate of drug-likeness (QED) is 0.416. The lowest BCUT2D eigenvalue weighted by Crippen LogP contribution is -2.14. The summed E-state index contributed by atoms with van der Waals surface area (Å²) in [7, 11) is 0. The van der Waals surface area contributed by atoms with Crippen molar-refractivity contribution in [1.29, 1.82) is 0 Å². The predicted molar refractivity (Wildman–Crippen MR) is 115 cm³/mol. The van der Waals surface area contributed by atoms with E-state index in [1.165, 1.54) is 35.2 Å². The number of hydrogen-bond acceptors (Lipinski definition) is 6. The molecule has 0 aliphatic carbocycles. The summed E-state index contributed by atoms with van der Waals surface area (Å²) in [5.74, 6) is 0.335. The summed E-state index contributed by atoms with van der Waals surface area (Å²) < 4.78 is 15.9. The van der Waals surface area contributed by atoms with E-state index in [1.807, 2.05) is 23.6 Å². The second kappa shape index (κ2) is 8.48. The van der Waals surface area contributed by atoms with Crippen LogP contribution in [0.2, 0.25) is 5.02 Å². The highest BCUT2D eigenvalue weighted by Crippen LogP contribution is 2.28. The number of anilines is 1. The number of carbonyl (C=O) groups is 1. The van der Waals surface area contributed by atoms with Crippen LogP contribution in [0.5, 0.6) is 0 Å². The van der Waals surface area contributed by atoms with E-state index in [-0.39, 0.29) is 17.5 Å². The van der Waals surface area contributed by atoms with Gasteiger partial charge in [-0.2, -0.15) is 0 Å². The first-order valence-corrected chi connectivity index (χ1v) is 10.9. The third-order valence-corrected chi connectivity index (χ3v) is 6.22. The van der Waals surface area contributed by atoms with Crippen molar-refractivity contribution in [3.8, 4) is 11.4 Å². The van der Waals surface area contributed by atoms with Crippen LogP contribution < -0.4 is 5.32 Å². The minimum Gasteiger partial charge on any atom is -0.302 e. The molecule has 2 heterocycles. The molecule has 0 saturated heterocycles. The van der Waals surface area contributed by atoms with Gasteiger partial charge in [-0.15, -0.1) is 10.2 Å². The zero-order chi connectivity index (χ0) is 20.4. The summed E-state index contributed by atoms with van der Waals surface area (Å²) in [6.07, 6.45) is 0. The van der Waals surface area contributed by atoms with Crippen LogP contribution in [0.25, 0.3) is 21.6 Å². The molecule has 1 N–H and O–H groups in total. The fourth-order valence-electron chi connectivity index (χ4n) is 2.73. The molecule has 4 rings (SSSR count). The summed E-state index contributed by atoms with van der Waals surface area (Å²) in [4.78, 5) is 16.6. The van der Waals surface area contributed by atoms with Gasteiger partial charge in [-0.1, -0.05) is 34.7 Å². The number of thiazole rings is 1. The average molecular weight is 448 g/mol. The van der Waals surface area contributed by atoms with Crippen LogP contribution in [0.3, 0.4) is 0 Å². The Hall–Kier alpha value is -2.49. The molecule has 0 radical (unpaired) electrons. The average Bonchev–Trinajstić information content (AvgIpc) is 3.29. The maximum Gasteiger partial charge on any atom is 0.236 e. The normalized spacial score (nSPS) is 11.1. The second-order valence-electron chi connectivity index (χ2n) is 6.03. The number of rotatable bonds is 6. The fourth-order valence-corrected chi connectivity index (χ4v) is 4.57. The lowest BCUT2D eigenvalue weighted by Gasteiger charge is -2.07. The fraction of sp³-hybridized carbons (Fsp3) is 0.158. The number of halogens is 2. The summed E-state index contributed by atoms with van der Waals surface area (Å²) in [5, 5.41) is 13.0. The summed E-state index contributed by atoms with van der Waals surface area (Å²) in [5.41, 5.74) is 1.56. The highest BCUT2D eigenvalue weighted by atomic mass is 35.5. The molecule has 0 aliphatic heterocycles. The largest absolute Gasteiger partial charge is 0.302 e. The van der Waals surface area contributed by atoms with E-state index in [0.717, 1.165) is 11.4 Å². The van der Waals surface area contributed by atoms with Gasteiger partial charge < -0.3 is 9.88 Å². The molecule has 4 aromatic rings. The number of thioether (sulfide) groups is 1. The van der Waals surface area contributed by atoms with Gasteiger partial charge in [0.1, 0.15) is 5.82 Å². The van der Waals surface area contributed by atoms with E-state index < -0.39 is 0 Å². The van der Waals surface area contributed by atoms with Crippen LogP contribution in [0.4, 0.5) is 9.52 Å². The van der Waals surface area contributed by atoms with Gasteiger partial charge in [-0.25, -0.2) is 9.37 Å². The van der Waals surface area contributed by atoms with Gasteiger partial charge in [-0.3, -0.25) is 4.79 Å². The first-order valence-electron chi connectivity index (χ1n) is 8.71. The van der Waals surface area contributed by atoms with Crippen molar-refractivity contribution in [1.82, 2.24) is 19.7 Å². The summed E-state index contributed by atoms with van der Waals surface area (Å²) in [6, 6.07) is 11.7. The highest BCUT2D eigenvalue weighted by molar-refractivity contribution is 7.99. The third-order valence-electron chi connectivity index (χ3n) is 4.06. The molecule has 2 aromatic heterocycles. The van der Waals surface area contributed by atoms with E-state index in [9.17, 15) is 9.18 Å². The van der Waals surface area contributed by atoms with Crippen molar-refractivity contribution in [2.45, 2.75) is 18.6 Å². The number of hydrogen-bond donors (Lipinski definition) is 1. The Bertz CT molecular complexity index is 1180. The second-order valence-corrected chi connectivity index (χ2v) is 8.43. The molecule has 1 amide bonds. The predicted octanol–water partition coefficient (Wildman–Crippen LogP) is 5.10. The van der Waals surface area contributed by atoms with Gasteiger partial charge in [0.15, 0.2) is 16.1 Å². The molecule has 0 unspecified atom stereocenters. The lowest BCUT2D eigenvalue weighted by atomic mass is 10.2. The van der Waals surface area contributed by atoms with Gasteiger partial charge in [0.2, 0.25) is 5.91 Å². The lowest BCUT2D eigenvalue weighted by molar-refractivity contribution is -0.113. The maximum atomic E-state index is 13.3. The molecule has 2 aromatic carbocycles. The van der Waals surface area contributed by atoms with E-state index in [0.29, 0.717) is 32.1 Å². The van der Waals surface area contributed by atoms with Crippen LogP contribution >= 0.6 is 34.7 Å². The Morgan fingerprint density at radius 3 is 2.79 bits per heavy atom. The van der Waals surface area contributed by atoms with Crippen LogP contribution in [-0.2, 0) is 11.3 Å². The Morgan fingerprint density at radius 2 is 2.03 bits per heavy atom. The van der Waals surface area contributed by atoms with Gasteiger partial charge in [-0.05, 0) is 49.4 Å². The number of nitrogens with zero attached hydrogens (tertiary/aromatic N) is 4. The van der Waals surface area contributed by atoms with Gasteiger partial charge in [0.05, 0.1) is 16.0 Å². The zero-order valence-electron chi connectivity index (χ0n) is 15.2. The molecule has 0 bridgehead atoms. The molecule has 29 heavy (non-hydrogen) atoms. The van der Waals surface area contributed by atoms with Gasteiger partial charge in [0, 0.05) is 17.1 Å². The molecule has 10 heteroatoms. The van der Waals surface area contributed by atoms with Gasteiger partial charge >= 0.3 is 0 Å². The molecule has 6 nitrogen and oxygen atoms in total. The molecule has 0 fully saturated rings. The van der Waals surface area contributed by atoms with E-state index in [1.54, 1.807) is 18.2 Å². The minimum atomic E-state index is -0.329. The molecule has 0 aliphatic rings.